The molecule has 0 aliphatic carbocycles. The standard InChI is InChI=1S/C15H12ClN5/c1-10(7-17)9-21-14(11-2-4-18-5-3-11)20-13-6-12(16)8-19-15(13)21/h2-6,8,10H,9H2,1H3. The highest BCUT2D eigenvalue weighted by atomic mass is 35.5. The van der Waals surface area contributed by atoms with E-state index in [2.05, 4.69) is 21.0 Å². The van der Waals surface area contributed by atoms with E-state index in [9.17, 15) is 0 Å². The van der Waals surface area contributed by atoms with Crippen molar-refractivity contribution in [2.45, 2.75) is 13.5 Å². The first kappa shape index (κ1) is 13.5. The molecule has 0 amide bonds. The van der Waals surface area contributed by atoms with Crippen molar-refractivity contribution in [3.63, 3.8) is 0 Å². The molecule has 3 rings (SSSR count). The largest absolute Gasteiger partial charge is 0.307 e. The Labute approximate surface area is 126 Å². The molecule has 1 atom stereocenters. The lowest BCUT2D eigenvalue weighted by atomic mass is 10.2. The molecule has 0 spiro atoms. The number of nitriles is 1. The Bertz CT molecular complexity index is 819. The van der Waals surface area contributed by atoms with Gasteiger partial charge in [-0.3, -0.25) is 4.98 Å². The summed E-state index contributed by atoms with van der Waals surface area (Å²) in [5.74, 6) is 0.629. The molecule has 0 saturated carbocycles. The number of pyridine rings is 2. The highest BCUT2D eigenvalue weighted by molar-refractivity contribution is 6.31. The molecule has 0 bridgehead atoms. The van der Waals surface area contributed by atoms with Gasteiger partial charge in [0.15, 0.2) is 5.65 Å². The second-order valence-corrected chi connectivity index (χ2v) is 5.24. The fourth-order valence-electron chi connectivity index (χ4n) is 2.20. The number of aromatic nitrogens is 4. The van der Waals surface area contributed by atoms with Crippen molar-refractivity contribution in [2.24, 2.45) is 5.92 Å². The molecule has 0 aliphatic rings. The first-order valence-electron chi connectivity index (χ1n) is 6.51. The van der Waals surface area contributed by atoms with Crippen LogP contribution in [-0.2, 0) is 6.54 Å². The molecule has 0 aliphatic heterocycles. The van der Waals surface area contributed by atoms with E-state index in [-0.39, 0.29) is 5.92 Å². The van der Waals surface area contributed by atoms with Gasteiger partial charge in [0.1, 0.15) is 11.3 Å². The minimum atomic E-state index is -0.138. The van der Waals surface area contributed by atoms with E-state index in [1.807, 2.05) is 23.6 Å². The van der Waals surface area contributed by atoms with Crippen molar-refractivity contribution < 1.29 is 0 Å². The van der Waals surface area contributed by atoms with Crippen LogP contribution in [0.3, 0.4) is 0 Å². The quantitative estimate of drug-likeness (QED) is 0.744. The van der Waals surface area contributed by atoms with Gasteiger partial charge < -0.3 is 4.57 Å². The van der Waals surface area contributed by atoms with Crippen molar-refractivity contribution in [1.82, 2.24) is 19.5 Å². The maximum atomic E-state index is 9.08. The van der Waals surface area contributed by atoms with Crippen LogP contribution in [0.5, 0.6) is 0 Å². The van der Waals surface area contributed by atoms with Crippen LogP contribution in [0.25, 0.3) is 22.6 Å². The SMILES string of the molecule is CC(C#N)Cn1c(-c2ccncc2)nc2cc(Cl)cnc21. The van der Waals surface area contributed by atoms with E-state index in [4.69, 9.17) is 16.9 Å². The number of hydrogen-bond donors (Lipinski definition) is 0. The number of rotatable bonds is 3. The van der Waals surface area contributed by atoms with Crippen LogP contribution in [0, 0.1) is 17.2 Å². The maximum absolute atomic E-state index is 9.08. The lowest BCUT2D eigenvalue weighted by Gasteiger charge is -2.09. The molecule has 1 unspecified atom stereocenters. The van der Waals surface area contributed by atoms with Gasteiger partial charge in [0.25, 0.3) is 0 Å². The first-order chi connectivity index (χ1) is 10.2. The van der Waals surface area contributed by atoms with Gasteiger partial charge in [-0.25, -0.2) is 9.97 Å². The lowest BCUT2D eigenvalue weighted by molar-refractivity contribution is 0.594. The van der Waals surface area contributed by atoms with Gasteiger partial charge in [0, 0.05) is 30.7 Å². The summed E-state index contributed by atoms with van der Waals surface area (Å²) >= 11 is 5.99. The Morgan fingerprint density at radius 1 is 1.38 bits per heavy atom. The number of hydrogen-bond acceptors (Lipinski definition) is 4. The summed E-state index contributed by atoms with van der Waals surface area (Å²) in [4.78, 5) is 13.0. The van der Waals surface area contributed by atoms with Crippen LogP contribution in [0.15, 0.2) is 36.8 Å². The highest BCUT2D eigenvalue weighted by Crippen LogP contribution is 2.25. The predicted octanol–water partition coefficient (Wildman–Crippen LogP) is 3.31. The average molecular weight is 298 g/mol. The topological polar surface area (TPSA) is 67.4 Å². The molecule has 21 heavy (non-hydrogen) atoms. The zero-order chi connectivity index (χ0) is 14.8. The molecule has 104 valence electrons. The zero-order valence-corrected chi connectivity index (χ0v) is 12.1. The number of fused-ring (bicyclic) bond motifs is 1. The fourth-order valence-corrected chi connectivity index (χ4v) is 2.35. The Kier molecular flexibility index (Phi) is 3.55. The summed E-state index contributed by atoms with van der Waals surface area (Å²) in [5.41, 5.74) is 2.39. The van der Waals surface area contributed by atoms with E-state index < -0.39 is 0 Å². The van der Waals surface area contributed by atoms with Crippen molar-refractivity contribution in [1.29, 1.82) is 5.26 Å². The Hall–Kier alpha value is -2.45. The minimum Gasteiger partial charge on any atom is -0.307 e. The van der Waals surface area contributed by atoms with E-state index >= 15 is 0 Å². The van der Waals surface area contributed by atoms with E-state index in [0.717, 1.165) is 22.6 Å². The van der Waals surface area contributed by atoms with Crippen molar-refractivity contribution >= 4 is 22.8 Å². The summed E-state index contributed by atoms with van der Waals surface area (Å²) in [6.45, 7) is 2.40. The Morgan fingerprint density at radius 2 is 2.14 bits per heavy atom. The third kappa shape index (κ3) is 2.58. The molecule has 0 N–H and O–H groups in total. The van der Waals surface area contributed by atoms with Crippen LogP contribution in [-0.4, -0.2) is 19.5 Å². The number of imidazole rings is 1. The lowest BCUT2D eigenvalue weighted by Crippen LogP contribution is -2.08. The molecule has 6 heteroatoms. The van der Waals surface area contributed by atoms with Crippen molar-refractivity contribution in [2.75, 3.05) is 0 Å². The second-order valence-electron chi connectivity index (χ2n) is 4.81. The van der Waals surface area contributed by atoms with E-state index in [1.165, 1.54) is 0 Å². The van der Waals surface area contributed by atoms with Crippen LogP contribution in [0.2, 0.25) is 5.02 Å². The molecule has 5 nitrogen and oxygen atoms in total. The fraction of sp³-hybridized carbons (Fsp3) is 0.200. The summed E-state index contributed by atoms with van der Waals surface area (Å²) < 4.78 is 1.95. The third-order valence-electron chi connectivity index (χ3n) is 3.17. The van der Waals surface area contributed by atoms with Gasteiger partial charge in [0.05, 0.1) is 17.0 Å². The van der Waals surface area contributed by atoms with Crippen molar-refractivity contribution in [3.05, 3.63) is 41.8 Å². The van der Waals surface area contributed by atoms with Gasteiger partial charge in [0.2, 0.25) is 0 Å². The van der Waals surface area contributed by atoms with Crippen LogP contribution in [0.4, 0.5) is 0 Å². The van der Waals surface area contributed by atoms with Crippen LogP contribution < -0.4 is 0 Å². The highest BCUT2D eigenvalue weighted by Gasteiger charge is 2.16. The second kappa shape index (κ2) is 5.51. The summed E-state index contributed by atoms with van der Waals surface area (Å²) in [5, 5.41) is 9.62. The number of nitrogens with zero attached hydrogens (tertiary/aromatic N) is 5. The molecule has 3 heterocycles. The summed E-state index contributed by atoms with van der Waals surface area (Å²) in [6, 6.07) is 7.79. The number of halogens is 1. The molecule has 3 aromatic heterocycles. The van der Waals surface area contributed by atoms with Gasteiger partial charge in [-0.15, -0.1) is 0 Å². The molecule has 3 aromatic rings. The molecule has 0 aromatic carbocycles. The third-order valence-corrected chi connectivity index (χ3v) is 3.37. The van der Waals surface area contributed by atoms with Gasteiger partial charge >= 0.3 is 0 Å². The molecule has 0 radical (unpaired) electrons. The summed E-state index contributed by atoms with van der Waals surface area (Å²) in [6.07, 6.45) is 5.02. The minimum absolute atomic E-state index is 0.138. The van der Waals surface area contributed by atoms with Gasteiger partial charge in [-0.2, -0.15) is 5.26 Å². The molecular weight excluding hydrogens is 286 g/mol. The molecule has 0 saturated heterocycles. The average Bonchev–Trinajstić information content (AvgIpc) is 2.85. The van der Waals surface area contributed by atoms with Crippen LogP contribution >= 0.6 is 11.6 Å². The normalized spacial score (nSPS) is 12.2. The smallest absolute Gasteiger partial charge is 0.160 e. The Balaban J connectivity index is 2.22. The van der Waals surface area contributed by atoms with Crippen LogP contribution in [0.1, 0.15) is 6.92 Å². The van der Waals surface area contributed by atoms with E-state index in [1.54, 1.807) is 24.7 Å². The Morgan fingerprint density at radius 3 is 2.86 bits per heavy atom. The predicted molar refractivity (Wildman–Crippen MR) is 80.5 cm³/mol. The maximum Gasteiger partial charge on any atom is 0.160 e. The summed E-state index contributed by atoms with van der Waals surface area (Å²) in [7, 11) is 0. The van der Waals surface area contributed by atoms with E-state index in [0.29, 0.717) is 11.6 Å². The zero-order valence-electron chi connectivity index (χ0n) is 11.4. The monoisotopic (exact) mass is 297 g/mol. The first-order valence-corrected chi connectivity index (χ1v) is 6.88. The van der Waals surface area contributed by atoms with Gasteiger partial charge in [-0.05, 0) is 25.1 Å². The van der Waals surface area contributed by atoms with Gasteiger partial charge in [-0.1, -0.05) is 11.6 Å². The van der Waals surface area contributed by atoms with Crippen molar-refractivity contribution in [3.8, 4) is 17.5 Å². The molecular formula is C15H12ClN5. The molecule has 0 fully saturated rings.